The van der Waals surface area contributed by atoms with Crippen LogP contribution in [-0.2, 0) is 15.8 Å². The number of aromatic nitrogens is 2. The summed E-state index contributed by atoms with van der Waals surface area (Å²) in [6.45, 7) is 0. The maximum atomic E-state index is 13.7. The van der Waals surface area contributed by atoms with Gasteiger partial charge in [0.05, 0.1) is 23.7 Å². The van der Waals surface area contributed by atoms with E-state index in [2.05, 4.69) is 15.4 Å². The molecule has 2 saturated carbocycles. The van der Waals surface area contributed by atoms with E-state index in [9.17, 15) is 27.6 Å². The van der Waals surface area contributed by atoms with Gasteiger partial charge in [-0.3, -0.25) is 14.3 Å². The standard InChI is InChI=1S/C25H27F3N4O3/c26-25(27,28)20-11-4-3-10-19(20)22-15-21(31-32(22)18-8-1-2-9-18)24(35)30-17(12-13-33)14-23(34)29-16-6-5-7-16/h3-4,10-11,13,15-16,18H,1-2,5-9,12,14H2,(H,29,34). The maximum Gasteiger partial charge on any atom is 0.417 e. The highest BCUT2D eigenvalue weighted by Crippen LogP contribution is 2.40. The van der Waals surface area contributed by atoms with Crippen molar-refractivity contribution in [1.82, 2.24) is 15.1 Å². The highest BCUT2D eigenvalue weighted by molar-refractivity contribution is 6.11. The minimum absolute atomic E-state index is 0.0598. The number of nitrogens with zero attached hydrogens (tertiary/aromatic N) is 3. The lowest BCUT2D eigenvalue weighted by Gasteiger charge is -2.26. The van der Waals surface area contributed by atoms with Crippen LogP contribution in [0.4, 0.5) is 13.2 Å². The van der Waals surface area contributed by atoms with Crippen LogP contribution in [0.3, 0.4) is 0 Å². The number of aldehydes is 1. The first-order chi connectivity index (χ1) is 16.8. The molecule has 2 aliphatic rings. The van der Waals surface area contributed by atoms with E-state index in [0.717, 1.165) is 51.0 Å². The summed E-state index contributed by atoms with van der Waals surface area (Å²) in [5.74, 6) is -1.11. The van der Waals surface area contributed by atoms with Crippen LogP contribution in [0.25, 0.3) is 11.3 Å². The van der Waals surface area contributed by atoms with Crippen molar-refractivity contribution in [2.75, 3.05) is 0 Å². The Balaban J connectivity index is 1.66. The van der Waals surface area contributed by atoms with Crippen molar-refractivity contribution >= 4 is 23.8 Å². The molecular formula is C25H27F3N4O3. The summed E-state index contributed by atoms with van der Waals surface area (Å²) in [6, 6.07) is 6.50. The van der Waals surface area contributed by atoms with Crippen LogP contribution in [0.5, 0.6) is 0 Å². The molecule has 4 rings (SSSR count). The summed E-state index contributed by atoms with van der Waals surface area (Å²) >= 11 is 0. The Hall–Kier alpha value is -3.30. The minimum Gasteiger partial charge on any atom is -0.353 e. The van der Waals surface area contributed by atoms with E-state index in [-0.39, 0.29) is 53.5 Å². The van der Waals surface area contributed by atoms with Crippen LogP contribution in [0.1, 0.15) is 79.9 Å². The molecule has 186 valence electrons. The van der Waals surface area contributed by atoms with Gasteiger partial charge in [0, 0.05) is 23.7 Å². The third kappa shape index (κ3) is 5.86. The molecule has 0 aliphatic heterocycles. The third-order valence-electron chi connectivity index (χ3n) is 6.55. The number of carbonyl (C=O) groups excluding carboxylic acids is 3. The molecule has 0 unspecified atom stereocenters. The molecule has 0 spiro atoms. The molecule has 0 bridgehead atoms. The van der Waals surface area contributed by atoms with Gasteiger partial charge in [0.2, 0.25) is 5.91 Å². The highest BCUT2D eigenvalue weighted by atomic mass is 19.4. The largest absolute Gasteiger partial charge is 0.417 e. The molecule has 0 radical (unpaired) electrons. The van der Waals surface area contributed by atoms with Crippen molar-refractivity contribution < 1.29 is 27.6 Å². The first-order valence-corrected chi connectivity index (χ1v) is 11.9. The molecular weight excluding hydrogens is 461 g/mol. The topological polar surface area (TPSA) is 93.4 Å². The van der Waals surface area contributed by atoms with E-state index in [1.807, 2.05) is 0 Å². The highest BCUT2D eigenvalue weighted by Gasteiger charge is 2.35. The normalized spacial score (nSPS) is 17.3. The zero-order chi connectivity index (χ0) is 25.0. The van der Waals surface area contributed by atoms with Crippen LogP contribution < -0.4 is 5.32 Å². The van der Waals surface area contributed by atoms with Crippen molar-refractivity contribution in [3.63, 3.8) is 0 Å². The van der Waals surface area contributed by atoms with E-state index in [1.54, 1.807) is 0 Å². The number of hydrogen-bond acceptors (Lipinski definition) is 4. The molecule has 2 aromatic rings. The predicted octanol–water partition coefficient (Wildman–Crippen LogP) is 4.91. The summed E-state index contributed by atoms with van der Waals surface area (Å²) in [4.78, 5) is 40.3. The second kappa shape index (κ2) is 10.5. The number of nitrogens with one attached hydrogen (secondary N) is 1. The Kier molecular flexibility index (Phi) is 7.47. The predicted molar refractivity (Wildman–Crippen MR) is 123 cm³/mol. The van der Waals surface area contributed by atoms with Gasteiger partial charge in [0.25, 0.3) is 5.91 Å². The first kappa shape index (κ1) is 24.8. The fraction of sp³-hybridized carbons (Fsp3) is 0.480. The Morgan fingerprint density at radius 1 is 1.11 bits per heavy atom. The fourth-order valence-electron chi connectivity index (χ4n) is 4.55. The van der Waals surface area contributed by atoms with Crippen LogP contribution in [0.15, 0.2) is 35.3 Å². The number of alkyl halides is 3. The van der Waals surface area contributed by atoms with Crippen molar-refractivity contribution in [1.29, 1.82) is 0 Å². The zero-order valence-corrected chi connectivity index (χ0v) is 19.2. The average Bonchev–Trinajstić information content (AvgIpc) is 3.46. The number of carbonyl (C=O) groups is 3. The molecule has 10 heteroatoms. The van der Waals surface area contributed by atoms with Gasteiger partial charge in [-0.2, -0.15) is 18.3 Å². The van der Waals surface area contributed by atoms with E-state index < -0.39 is 17.6 Å². The van der Waals surface area contributed by atoms with Gasteiger partial charge in [-0.25, -0.2) is 4.99 Å². The van der Waals surface area contributed by atoms with Crippen molar-refractivity contribution in [3.8, 4) is 11.3 Å². The number of halogens is 3. The Bertz CT molecular complexity index is 1130. The number of benzene rings is 1. The zero-order valence-electron chi connectivity index (χ0n) is 19.2. The SMILES string of the molecule is O=CCC(CC(=O)NC1CCC1)=NC(=O)c1cc(-c2ccccc2C(F)(F)F)n(C2CCCC2)n1. The molecule has 2 amide bonds. The quantitative estimate of drug-likeness (QED) is 0.422. The summed E-state index contributed by atoms with van der Waals surface area (Å²) in [7, 11) is 0. The van der Waals surface area contributed by atoms with Crippen LogP contribution in [0.2, 0.25) is 0 Å². The van der Waals surface area contributed by atoms with E-state index in [1.165, 1.54) is 28.9 Å². The lowest BCUT2D eigenvalue weighted by atomic mass is 9.93. The molecule has 2 aliphatic carbocycles. The summed E-state index contributed by atoms with van der Waals surface area (Å²) in [5.41, 5.74) is -0.699. The molecule has 0 saturated heterocycles. The van der Waals surface area contributed by atoms with E-state index >= 15 is 0 Å². The van der Waals surface area contributed by atoms with Gasteiger partial charge in [0.1, 0.15) is 6.29 Å². The number of aliphatic imine (C=N–C) groups is 1. The van der Waals surface area contributed by atoms with Gasteiger partial charge in [-0.1, -0.05) is 31.0 Å². The van der Waals surface area contributed by atoms with Crippen LogP contribution in [-0.4, -0.2) is 39.6 Å². The molecule has 1 heterocycles. The minimum atomic E-state index is -4.57. The van der Waals surface area contributed by atoms with E-state index in [4.69, 9.17) is 0 Å². The Morgan fingerprint density at radius 3 is 2.46 bits per heavy atom. The van der Waals surface area contributed by atoms with Gasteiger partial charge < -0.3 is 10.1 Å². The molecule has 7 nitrogen and oxygen atoms in total. The van der Waals surface area contributed by atoms with Crippen molar-refractivity contribution in [2.45, 2.75) is 76.0 Å². The molecule has 1 N–H and O–H groups in total. The average molecular weight is 489 g/mol. The Labute approximate surface area is 200 Å². The fourth-order valence-corrected chi connectivity index (χ4v) is 4.55. The van der Waals surface area contributed by atoms with E-state index in [0.29, 0.717) is 6.29 Å². The lowest BCUT2D eigenvalue weighted by Crippen LogP contribution is -2.40. The van der Waals surface area contributed by atoms with Crippen LogP contribution >= 0.6 is 0 Å². The number of amides is 2. The van der Waals surface area contributed by atoms with Crippen molar-refractivity contribution in [3.05, 3.63) is 41.6 Å². The summed E-state index contributed by atoms with van der Waals surface area (Å²) in [6.07, 6.45) is 1.76. The monoisotopic (exact) mass is 488 g/mol. The third-order valence-corrected chi connectivity index (χ3v) is 6.55. The summed E-state index contributed by atoms with van der Waals surface area (Å²) < 4.78 is 42.7. The maximum absolute atomic E-state index is 13.7. The van der Waals surface area contributed by atoms with Gasteiger partial charge in [0.15, 0.2) is 5.69 Å². The molecule has 0 atom stereocenters. The first-order valence-electron chi connectivity index (χ1n) is 11.9. The van der Waals surface area contributed by atoms with Gasteiger partial charge >= 0.3 is 6.18 Å². The Morgan fingerprint density at radius 2 is 1.83 bits per heavy atom. The molecule has 2 fully saturated rings. The summed E-state index contributed by atoms with van der Waals surface area (Å²) in [5, 5.41) is 7.20. The number of hydrogen-bond donors (Lipinski definition) is 1. The van der Waals surface area contributed by atoms with Crippen molar-refractivity contribution in [2.24, 2.45) is 4.99 Å². The lowest BCUT2D eigenvalue weighted by molar-refractivity contribution is -0.137. The molecule has 35 heavy (non-hydrogen) atoms. The molecule has 1 aromatic carbocycles. The smallest absolute Gasteiger partial charge is 0.353 e. The second-order valence-electron chi connectivity index (χ2n) is 9.07. The molecule has 1 aromatic heterocycles. The number of rotatable bonds is 8. The van der Waals surface area contributed by atoms with Gasteiger partial charge in [-0.15, -0.1) is 0 Å². The van der Waals surface area contributed by atoms with Gasteiger partial charge in [-0.05, 0) is 44.2 Å². The van der Waals surface area contributed by atoms with Crippen LogP contribution in [0, 0.1) is 0 Å². The second-order valence-corrected chi connectivity index (χ2v) is 9.07.